The van der Waals surface area contributed by atoms with Crippen LogP contribution in [0.5, 0.6) is 0 Å². The average Bonchev–Trinajstić information content (AvgIpc) is 2.28. The summed E-state index contributed by atoms with van der Waals surface area (Å²) in [5, 5.41) is 4.71. The second-order valence-corrected chi connectivity index (χ2v) is 4.08. The molecule has 1 unspecified atom stereocenters. The summed E-state index contributed by atoms with van der Waals surface area (Å²) in [6.45, 7) is 3.34. The molecule has 0 aromatic rings. The Morgan fingerprint density at radius 3 is 2.31 bits per heavy atom. The molecule has 3 nitrogen and oxygen atoms in total. The normalized spacial score (nSPS) is 23.5. The molecular weight excluding hydrogens is 298 g/mol. The van der Waals surface area contributed by atoms with Crippen molar-refractivity contribution in [2.45, 2.75) is 32.2 Å². The minimum Gasteiger partial charge on any atom is -0.272 e. The van der Waals surface area contributed by atoms with Crippen LogP contribution in [0.3, 0.4) is 0 Å². The van der Waals surface area contributed by atoms with E-state index in [0.29, 0.717) is 0 Å². The van der Waals surface area contributed by atoms with Gasteiger partial charge in [-0.15, -0.1) is 0 Å². The Hall–Kier alpha value is -0.210. The van der Waals surface area contributed by atoms with Crippen LogP contribution in [-0.4, -0.2) is 32.8 Å². The van der Waals surface area contributed by atoms with Crippen LogP contribution in [0.4, 0.5) is 13.2 Å². The van der Waals surface area contributed by atoms with E-state index in [1.54, 1.807) is 36.7 Å². The smallest absolute Gasteiger partial charge is 0.272 e. The minimum absolute atomic E-state index is 0.261. The van der Waals surface area contributed by atoms with Crippen LogP contribution in [0, 0.1) is 0 Å². The molecule has 0 spiro atoms. The zero-order valence-corrected chi connectivity index (χ0v) is 9.24. The zero-order valence-electron chi connectivity index (χ0n) is 7.09. The molecule has 0 radical (unpaired) electrons. The van der Waals surface area contributed by atoms with Gasteiger partial charge in [-0.25, -0.2) is 0 Å². The van der Waals surface area contributed by atoms with Crippen molar-refractivity contribution in [2.75, 3.05) is 0 Å². The quantitative estimate of drug-likeness (QED) is 0.546. The number of hydrazone groups is 1. The maximum atomic E-state index is 12.5. The van der Waals surface area contributed by atoms with Gasteiger partial charge in [-0.05, 0) is 13.8 Å². The van der Waals surface area contributed by atoms with Crippen LogP contribution in [0.2, 0.25) is 0 Å². The molecule has 7 heteroatoms. The van der Waals surface area contributed by atoms with Crippen molar-refractivity contribution >= 4 is 29.2 Å². The second kappa shape index (κ2) is 3.50. The highest BCUT2D eigenvalue weighted by Gasteiger charge is 2.49. The Morgan fingerprint density at radius 1 is 1.46 bits per heavy atom. The minimum atomic E-state index is -4.28. The van der Waals surface area contributed by atoms with E-state index >= 15 is 0 Å². The first-order valence-corrected chi connectivity index (χ1v) is 4.64. The van der Waals surface area contributed by atoms with Crippen LogP contribution in [0.15, 0.2) is 5.10 Å². The first kappa shape index (κ1) is 10.9. The molecule has 0 saturated heterocycles. The third-order valence-electron chi connectivity index (χ3n) is 1.60. The summed E-state index contributed by atoms with van der Waals surface area (Å²) >= 11 is 1.59. The summed E-state index contributed by atoms with van der Waals surface area (Å²) in [7, 11) is 0. The molecule has 1 heterocycles. The van der Waals surface area contributed by atoms with Crippen molar-refractivity contribution in [1.29, 1.82) is 0 Å². The molecule has 0 aromatic heterocycles. The van der Waals surface area contributed by atoms with Gasteiger partial charge in [0.15, 0.2) is 0 Å². The number of alkyl halides is 3. The lowest BCUT2D eigenvalue weighted by Crippen LogP contribution is -2.48. The predicted molar refractivity (Wildman–Crippen MR) is 51.2 cm³/mol. The van der Waals surface area contributed by atoms with Gasteiger partial charge in [0.25, 0.3) is 0 Å². The first-order valence-electron chi connectivity index (χ1n) is 3.67. The van der Waals surface area contributed by atoms with Gasteiger partial charge in [0.05, 0.1) is 22.9 Å². The van der Waals surface area contributed by atoms with E-state index in [2.05, 4.69) is 5.10 Å². The number of halogens is 4. The molecule has 1 aliphatic heterocycles. The third kappa shape index (κ3) is 2.18. The molecule has 0 N–H and O–H groups in total. The SMILES string of the molecule is CC(C)N1N=CN(I)C1C(F)(F)F. The van der Waals surface area contributed by atoms with Gasteiger partial charge < -0.3 is 0 Å². The Balaban J connectivity index is 2.82. The second-order valence-electron chi connectivity index (χ2n) is 2.96. The molecule has 0 fully saturated rings. The topological polar surface area (TPSA) is 18.8 Å². The van der Waals surface area contributed by atoms with Gasteiger partial charge in [0, 0.05) is 6.04 Å². The molecule has 1 aliphatic rings. The van der Waals surface area contributed by atoms with E-state index in [9.17, 15) is 13.2 Å². The Labute approximate surface area is 88.1 Å². The Bertz CT molecular complexity index is 216. The fourth-order valence-corrected chi connectivity index (χ4v) is 1.74. The fourth-order valence-electron chi connectivity index (χ4n) is 1.05. The van der Waals surface area contributed by atoms with Gasteiger partial charge >= 0.3 is 6.18 Å². The van der Waals surface area contributed by atoms with Gasteiger partial charge in [-0.1, -0.05) is 0 Å². The van der Waals surface area contributed by atoms with Crippen molar-refractivity contribution in [3.05, 3.63) is 0 Å². The first-order chi connectivity index (χ1) is 5.84. The molecule has 76 valence electrons. The molecule has 1 rings (SSSR count). The number of nitrogens with zero attached hydrogens (tertiary/aromatic N) is 3. The summed E-state index contributed by atoms with van der Waals surface area (Å²) in [5.74, 6) is 0. The highest BCUT2D eigenvalue weighted by atomic mass is 127. The number of rotatable bonds is 1. The fraction of sp³-hybridized carbons (Fsp3) is 0.833. The van der Waals surface area contributed by atoms with E-state index in [0.717, 1.165) is 8.12 Å². The monoisotopic (exact) mass is 307 g/mol. The van der Waals surface area contributed by atoms with Crippen LogP contribution < -0.4 is 0 Å². The lowest BCUT2D eigenvalue weighted by molar-refractivity contribution is -0.198. The largest absolute Gasteiger partial charge is 0.429 e. The Morgan fingerprint density at radius 2 is 2.00 bits per heavy atom. The molecule has 1 atom stereocenters. The molecule has 0 bridgehead atoms. The average molecular weight is 307 g/mol. The molecule has 13 heavy (non-hydrogen) atoms. The summed E-state index contributed by atoms with van der Waals surface area (Å²) in [6, 6.07) is -0.261. The lowest BCUT2D eigenvalue weighted by atomic mass is 10.3. The standard InChI is InChI=1S/C6H9F3IN3/c1-4(2)13-5(6(7,8)9)12(10)3-11-13/h3-5H,1-2H3. The summed E-state index contributed by atoms with van der Waals surface area (Å²) < 4.78 is 38.4. The van der Waals surface area contributed by atoms with Crippen molar-refractivity contribution in [3.8, 4) is 0 Å². The van der Waals surface area contributed by atoms with Gasteiger partial charge in [0.2, 0.25) is 6.17 Å². The molecule has 0 aliphatic carbocycles. The van der Waals surface area contributed by atoms with E-state index in [1.807, 2.05) is 0 Å². The van der Waals surface area contributed by atoms with E-state index < -0.39 is 12.3 Å². The summed E-state index contributed by atoms with van der Waals surface area (Å²) in [6.07, 6.45) is -4.73. The highest BCUT2D eigenvalue weighted by Crippen LogP contribution is 2.33. The van der Waals surface area contributed by atoms with Crippen molar-refractivity contribution < 1.29 is 13.2 Å². The van der Waals surface area contributed by atoms with Gasteiger partial charge in [-0.3, -0.25) is 8.12 Å². The third-order valence-corrected chi connectivity index (χ3v) is 2.38. The van der Waals surface area contributed by atoms with E-state index in [4.69, 9.17) is 0 Å². The predicted octanol–water partition coefficient (Wildman–Crippen LogP) is 2.19. The number of hydrogen-bond acceptors (Lipinski definition) is 3. The zero-order chi connectivity index (χ0) is 10.2. The molecule has 0 amide bonds. The van der Waals surface area contributed by atoms with Crippen molar-refractivity contribution in [1.82, 2.24) is 8.12 Å². The molecule has 0 saturated carbocycles. The van der Waals surface area contributed by atoms with Gasteiger partial charge in [0.1, 0.15) is 6.34 Å². The van der Waals surface area contributed by atoms with Crippen molar-refractivity contribution in [3.63, 3.8) is 0 Å². The van der Waals surface area contributed by atoms with E-state index in [1.165, 1.54) is 6.34 Å². The summed E-state index contributed by atoms with van der Waals surface area (Å²) in [5.41, 5.74) is 0. The highest BCUT2D eigenvalue weighted by molar-refractivity contribution is 14.1. The Kier molecular flexibility index (Phi) is 2.93. The summed E-state index contributed by atoms with van der Waals surface area (Å²) in [4.78, 5) is 0. The molecular formula is C6H9F3IN3. The van der Waals surface area contributed by atoms with E-state index in [-0.39, 0.29) is 6.04 Å². The van der Waals surface area contributed by atoms with Crippen molar-refractivity contribution in [2.24, 2.45) is 5.10 Å². The maximum Gasteiger partial charge on any atom is 0.429 e. The van der Waals surface area contributed by atoms with Gasteiger partial charge in [-0.2, -0.15) is 18.3 Å². The molecule has 0 aromatic carbocycles. The number of hydrogen-bond donors (Lipinski definition) is 0. The lowest BCUT2D eigenvalue weighted by Gasteiger charge is -2.30. The van der Waals surface area contributed by atoms with Crippen LogP contribution in [0.25, 0.3) is 0 Å². The maximum absolute atomic E-state index is 12.5. The van der Waals surface area contributed by atoms with Crippen LogP contribution in [0.1, 0.15) is 13.8 Å². The van der Waals surface area contributed by atoms with Crippen LogP contribution >= 0.6 is 22.9 Å². The van der Waals surface area contributed by atoms with Crippen LogP contribution in [-0.2, 0) is 0 Å².